The summed E-state index contributed by atoms with van der Waals surface area (Å²) in [6.45, 7) is 13.4. The smallest absolute Gasteiger partial charge is 0.0707 e. The summed E-state index contributed by atoms with van der Waals surface area (Å²) in [6.07, 6.45) is 2.18. The lowest BCUT2D eigenvalue weighted by atomic mass is 9.88. The topological polar surface area (TPSA) is 44.5 Å². The Morgan fingerprint density at radius 1 is 0.938 bits per heavy atom. The van der Waals surface area contributed by atoms with Gasteiger partial charge in [0.1, 0.15) is 0 Å². The third kappa shape index (κ3) is 10.4. The molecule has 0 saturated carbocycles. The molecule has 0 aromatic rings. The van der Waals surface area contributed by atoms with Crippen molar-refractivity contribution in [1.82, 2.24) is 0 Å². The van der Waals surface area contributed by atoms with Crippen LogP contribution in [0.5, 0.6) is 0 Å². The van der Waals surface area contributed by atoms with E-state index in [4.69, 9.17) is 15.2 Å². The summed E-state index contributed by atoms with van der Waals surface area (Å²) in [6, 6.07) is 0. The molecule has 0 unspecified atom stereocenters. The van der Waals surface area contributed by atoms with Crippen LogP contribution in [0.2, 0.25) is 0 Å². The van der Waals surface area contributed by atoms with Gasteiger partial charge in [0.15, 0.2) is 0 Å². The van der Waals surface area contributed by atoms with Gasteiger partial charge >= 0.3 is 0 Å². The number of rotatable bonds is 8. The monoisotopic (exact) mass is 231 g/mol. The van der Waals surface area contributed by atoms with Crippen molar-refractivity contribution in [2.24, 2.45) is 11.1 Å². The summed E-state index contributed by atoms with van der Waals surface area (Å²) in [4.78, 5) is 0. The van der Waals surface area contributed by atoms with Crippen molar-refractivity contribution >= 4 is 0 Å². The fourth-order valence-electron chi connectivity index (χ4n) is 1.26. The maximum atomic E-state index is 5.66. The molecule has 0 aliphatic rings. The molecule has 98 valence electrons. The normalized spacial score (nSPS) is 13.1. The van der Waals surface area contributed by atoms with Crippen LogP contribution in [0, 0.1) is 5.41 Å². The summed E-state index contributed by atoms with van der Waals surface area (Å²) >= 11 is 0. The van der Waals surface area contributed by atoms with E-state index < -0.39 is 0 Å². The zero-order chi connectivity index (χ0) is 12.7. The summed E-state index contributed by atoms with van der Waals surface area (Å²) < 4.78 is 11.1. The minimum atomic E-state index is -0.0646. The maximum Gasteiger partial charge on any atom is 0.0707 e. The van der Waals surface area contributed by atoms with Crippen LogP contribution in [0.15, 0.2) is 0 Å². The average Bonchev–Trinajstić information content (AvgIpc) is 2.14. The van der Waals surface area contributed by atoms with E-state index in [0.29, 0.717) is 13.2 Å². The number of hydrogen-bond donors (Lipinski definition) is 1. The van der Waals surface area contributed by atoms with Gasteiger partial charge in [-0.15, -0.1) is 0 Å². The molecule has 0 heterocycles. The molecule has 0 atom stereocenters. The lowest BCUT2D eigenvalue weighted by Crippen LogP contribution is -2.24. The highest BCUT2D eigenvalue weighted by Crippen LogP contribution is 2.19. The predicted molar refractivity (Wildman–Crippen MR) is 68.6 cm³/mol. The summed E-state index contributed by atoms with van der Waals surface area (Å²) in [5.74, 6) is 0. The van der Waals surface area contributed by atoms with Crippen LogP contribution < -0.4 is 5.73 Å². The molecule has 0 aliphatic carbocycles. The van der Waals surface area contributed by atoms with Crippen LogP contribution in [-0.2, 0) is 9.47 Å². The average molecular weight is 231 g/mol. The van der Waals surface area contributed by atoms with Gasteiger partial charge in [0, 0.05) is 6.61 Å². The Balaban J connectivity index is 3.29. The Morgan fingerprint density at radius 3 is 2.06 bits per heavy atom. The molecule has 3 nitrogen and oxygen atoms in total. The van der Waals surface area contributed by atoms with E-state index in [1.54, 1.807) is 0 Å². The van der Waals surface area contributed by atoms with Crippen molar-refractivity contribution < 1.29 is 9.47 Å². The molecular weight excluding hydrogens is 202 g/mol. The van der Waals surface area contributed by atoms with Gasteiger partial charge in [-0.05, 0) is 45.6 Å². The molecule has 2 N–H and O–H groups in total. The predicted octanol–water partition coefficient (Wildman–Crippen LogP) is 2.58. The van der Waals surface area contributed by atoms with Gasteiger partial charge in [-0.25, -0.2) is 0 Å². The van der Waals surface area contributed by atoms with Gasteiger partial charge in [-0.3, -0.25) is 0 Å². The molecule has 0 radical (unpaired) electrons. The van der Waals surface area contributed by atoms with Crippen molar-refractivity contribution in [1.29, 1.82) is 0 Å². The summed E-state index contributed by atoms with van der Waals surface area (Å²) in [5.41, 5.74) is 5.83. The first-order chi connectivity index (χ1) is 7.27. The fourth-order valence-corrected chi connectivity index (χ4v) is 1.26. The highest BCUT2D eigenvalue weighted by atomic mass is 16.5. The SMILES string of the molecule is CC(C)(CN)CCCOCCOC(C)(C)C. The number of hydrogen-bond acceptors (Lipinski definition) is 3. The first kappa shape index (κ1) is 15.9. The molecule has 16 heavy (non-hydrogen) atoms. The van der Waals surface area contributed by atoms with Crippen molar-refractivity contribution in [2.75, 3.05) is 26.4 Å². The van der Waals surface area contributed by atoms with Crippen LogP contribution in [0.3, 0.4) is 0 Å². The van der Waals surface area contributed by atoms with Crippen molar-refractivity contribution in [3.63, 3.8) is 0 Å². The van der Waals surface area contributed by atoms with Gasteiger partial charge in [0.05, 0.1) is 18.8 Å². The molecule has 0 rings (SSSR count). The second-order valence-corrected chi connectivity index (χ2v) is 6.05. The Hall–Kier alpha value is -0.120. The molecule has 0 saturated heterocycles. The molecule has 0 aromatic heterocycles. The zero-order valence-electron chi connectivity index (χ0n) is 11.6. The minimum absolute atomic E-state index is 0.0646. The lowest BCUT2D eigenvalue weighted by molar-refractivity contribution is -0.0356. The Morgan fingerprint density at radius 2 is 1.56 bits per heavy atom. The molecule has 3 heteroatoms. The largest absolute Gasteiger partial charge is 0.379 e. The zero-order valence-corrected chi connectivity index (χ0v) is 11.6. The summed E-state index contributed by atoms with van der Waals surface area (Å²) in [5, 5.41) is 0. The number of ether oxygens (including phenoxy) is 2. The van der Waals surface area contributed by atoms with E-state index in [1.165, 1.54) is 0 Å². The molecule has 0 aliphatic heterocycles. The Labute approximate surface area is 101 Å². The van der Waals surface area contributed by atoms with E-state index in [0.717, 1.165) is 26.0 Å². The van der Waals surface area contributed by atoms with Crippen LogP contribution >= 0.6 is 0 Å². The van der Waals surface area contributed by atoms with Crippen LogP contribution in [-0.4, -0.2) is 32.0 Å². The van der Waals surface area contributed by atoms with Gasteiger partial charge < -0.3 is 15.2 Å². The molecule has 0 spiro atoms. The van der Waals surface area contributed by atoms with Gasteiger partial charge in [0.25, 0.3) is 0 Å². The molecule has 0 amide bonds. The Kier molecular flexibility index (Phi) is 7.20. The quantitative estimate of drug-likeness (QED) is 0.653. The summed E-state index contributed by atoms with van der Waals surface area (Å²) in [7, 11) is 0. The molecule has 0 aromatic carbocycles. The van der Waals surface area contributed by atoms with E-state index >= 15 is 0 Å². The first-order valence-corrected chi connectivity index (χ1v) is 6.19. The highest BCUT2D eigenvalue weighted by molar-refractivity contribution is 4.68. The van der Waals surface area contributed by atoms with Crippen LogP contribution in [0.4, 0.5) is 0 Å². The third-order valence-corrected chi connectivity index (χ3v) is 2.46. The number of nitrogens with two attached hydrogens (primary N) is 1. The maximum absolute atomic E-state index is 5.66. The standard InChI is InChI=1S/C13H29NO2/c1-12(2,3)16-10-9-15-8-6-7-13(4,5)11-14/h6-11,14H2,1-5H3. The highest BCUT2D eigenvalue weighted by Gasteiger charge is 2.14. The molecule has 0 bridgehead atoms. The molecular formula is C13H29NO2. The molecule has 0 fully saturated rings. The Bertz CT molecular complexity index is 173. The van der Waals surface area contributed by atoms with E-state index in [9.17, 15) is 0 Å². The van der Waals surface area contributed by atoms with E-state index in [1.807, 2.05) is 0 Å². The van der Waals surface area contributed by atoms with Crippen molar-refractivity contribution in [3.05, 3.63) is 0 Å². The van der Waals surface area contributed by atoms with Crippen molar-refractivity contribution in [3.8, 4) is 0 Å². The van der Waals surface area contributed by atoms with Gasteiger partial charge in [-0.2, -0.15) is 0 Å². The lowest BCUT2D eigenvalue weighted by Gasteiger charge is -2.22. The van der Waals surface area contributed by atoms with Crippen LogP contribution in [0.25, 0.3) is 0 Å². The second kappa shape index (κ2) is 7.25. The first-order valence-electron chi connectivity index (χ1n) is 6.19. The van der Waals surface area contributed by atoms with E-state index in [2.05, 4.69) is 34.6 Å². The third-order valence-electron chi connectivity index (χ3n) is 2.46. The van der Waals surface area contributed by atoms with Crippen LogP contribution in [0.1, 0.15) is 47.5 Å². The van der Waals surface area contributed by atoms with E-state index in [-0.39, 0.29) is 11.0 Å². The van der Waals surface area contributed by atoms with Gasteiger partial charge in [0.2, 0.25) is 0 Å². The second-order valence-electron chi connectivity index (χ2n) is 6.05. The van der Waals surface area contributed by atoms with Gasteiger partial charge in [-0.1, -0.05) is 13.8 Å². The fraction of sp³-hybridized carbons (Fsp3) is 1.00. The van der Waals surface area contributed by atoms with Crippen molar-refractivity contribution in [2.45, 2.75) is 53.1 Å². The minimum Gasteiger partial charge on any atom is -0.379 e.